The highest BCUT2D eigenvalue weighted by Crippen LogP contribution is 2.45. The molecular weight excluding hydrogens is 773 g/mol. The third-order valence-corrected chi connectivity index (χ3v) is 13.5. The van der Waals surface area contributed by atoms with E-state index < -0.39 is 71.8 Å². The first kappa shape index (κ1) is 44.3. The summed E-state index contributed by atoms with van der Waals surface area (Å²) in [4.78, 5) is 51.7. The minimum Gasteiger partial charge on any atom is -0.458 e. The molecule has 330 valence electrons. The molecule has 5 aliphatic heterocycles. The Morgan fingerprint density at radius 3 is 2.52 bits per heavy atom. The van der Waals surface area contributed by atoms with E-state index in [1.54, 1.807) is 24.2 Å². The minimum absolute atomic E-state index is 0.0101. The van der Waals surface area contributed by atoms with E-state index in [0.29, 0.717) is 38.1 Å². The van der Waals surface area contributed by atoms with Crippen LogP contribution in [0.2, 0.25) is 0 Å². The number of carbonyl (C=O) groups excluding carboxylic acids is 2. The number of hydrogen-bond donors (Lipinski definition) is 1. The van der Waals surface area contributed by atoms with Crippen molar-refractivity contribution in [2.45, 2.75) is 141 Å². The number of aliphatic imine (C=N–C) groups is 1. The van der Waals surface area contributed by atoms with Crippen molar-refractivity contribution in [3.63, 3.8) is 0 Å². The lowest BCUT2D eigenvalue weighted by atomic mass is 9.72. The van der Waals surface area contributed by atoms with E-state index in [4.69, 9.17) is 38.3 Å². The largest absolute Gasteiger partial charge is 0.458 e. The first-order valence-electron chi connectivity index (χ1n) is 21.6. The van der Waals surface area contributed by atoms with Gasteiger partial charge in [0.25, 0.3) is 0 Å². The van der Waals surface area contributed by atoms with Crippen LogP contribution >= 0.6 is 0 Å². The lowest BCUT2D eigenvalue weighted by Gasteiger charge is -2.48. The summed E-state index contributed by atoms with van der Waals surface area (Å²) in [5, 5.41) is 16.3. The van der Waals surface area contributed by atoms with Gasteiger partial charge in [0.15, 0.2) is 11.9 Å². The van der Waals surface area contributed by atoms with Crippen LogP contribution in [0.15, 0.2) is 40.7 Å². The highest BCUT2D eigenvalue weighted by atomic mass is 16.7. The predicted molar refractivity (Wildman–Crippen MR) is 222 cm³/mol. The van der Waals surface area contributed by atoms with Crippen molar-refractivity contribution >= 4 is 34.5 Å². The quantitative estimate of drug-likeness (QED) is 0.298. The van der Waals surface area contributed by atoms with Crippen LogP contribution in [0.3, 0.4) is 0 Å². The molecule has 0 radical (unpaired) electrons. The van der Waals surface area contributed by atoms with Crippen LogP contribution in [0, 0.1) is 23.7 Å². The molecule has 0 saturated carbocycles. The molecule has 4 bridgehead atoms. The first-order valence-corrected chi connectivity index (χ1v) is 21.6. The number of nitrogens with zero attached hydrogens (tertiary/aromatic N) is 6. The fourth-order valence-corrected chi connectivity index (χ4v) is 10.5. The van der Waals surface area contributed by atoms with Crippen molar-refractivity contribution in [2.75, 3.05) is 40.4 Å². The number of esters is 1. The van der Waals surface area contributed by atoms with Crippen LogP contribution in [0.1, 0.15) is 80.2 Å². The number of likely N-dealkylation sites (N-methyl/N-ethyl adjacent to an activating group) is 1. The van der Waals surface area contributed by atoms with Crippen molar-refractivity contribution in [3.8, 4) is 0 Å². The number of cyclic esters (lactones) is 1. The number of aromatic nitrogens is 2. The van der Waals surface area contributed by atoms with Gasteiger partial charge in [-0.3, -0.25) is 24.7 Å². The molecule has 1 N–H and O–H groups in total. The zero-order valence-corrected chi connectivity index (χ0v) is 36.8. The highest BCUT2D eigenvalue weighted by molar-refractivity contribution is 5.91. The molecule has 4 saturated heterocycles. The van der Waals surface area contributed by atoms with Gasteiger partial charge in [0.1, 0.15) is 24.5 Å². The lowest BCUT2D eigenvalue weighted by molar-refractivity contribution is -0.302. The lowest BCUT2D eigenvalue weighted by Crippen LogP contribution is -2.60. The SMILES string of the molecule is CC[C@H]1OC(=O)[C@H](C)[C@H]2OC/C(=N\OCc3ccc4nccnc4c3)CO[C@](C)(C[C@@H](C)C3=NCCN4C(=O)O[C@@]1(C)[C@H]4[C@H]3C)[C@H](O[C@H]1O[C@@H](C)C[C@@H](N(C)C)[C@@H]1O)[C@H]2C. The van der Waals surface area contributed by atoms with E-state index in [9.17, 15) is 14.7 Å². The Bertz CT molecular complexity index is 1930. The number of benzene rings is 1. The molecule has 0 unspecified atom stereocenters. The Morgan fingerprint density at radius 1 is 1.03 bits per heavy atom. The fraction of sp³-hybridized carbons (Fsp3) is 0.727. The Hall–Kier alpha value is -3.80. The number of rotatable bonds is 7. The zero-order valence-electron chi connectivity index (χ0n) is 36.8. The summed E-state index contributed by atoms with van der Waals surface area (Å²) in [5.74, 6) is -2.27. The van der Waals surface area contributed by atoms with Gasteiger partial charge in [-0.05, 0) is 84.7 Å². The molecule has 16 nitrogen and oxygen atoms in total. The summed E-state index contributed by atoms with van der Waals surface area (Å²) in [7, 11) is 3.87. The van der Waals surface area contributed by atoms with Crippen LogP contribution in [-0.2, 0) is 44.7 Å². The predicted octanol–water partition coefficient (Wildman–Crippen LogP) is 4.79. The Morgan fingerprint density at radius 2 is 1.78 bits per heavy atom. The molecule has 7 rings (SSSR count). The van der Waals surface area contributed by atoms with Crippen molar-refractivity contribution in [2.24, 2.45) is 33.8 Å². The second-order valence-corrected chi connectivity index (χ2v) is 18.2. The topological polar surface area (TPSA) is 176 Å². The minimum atomic E-state index is -1.14. The molecule has 14 atom stereocenters. The van der Waals surface area contributed by atoms with Gasteiger partial charge in [-0.15, -0.1) is 0 Å². The number of hydrogen-bond acceptors (Lipinski definition) is 15. The van der Waals surface area contributed by atoms with Gasteiger partial charge in [0.05, 0.1) is 66.7 Å². The molecular formula is C44H64N6O10. The van der Waals surface area contributed by atoms with Crippen molar-refractivity contribution in [1.29, 1.82) is 0 Å². The third-order valence-electron chi connectivity index (χ3n) is 13.5. The molecule has 4 fully saturated rings. The van der Waals surface area contributed by atoms with Gasteiger partial charge in [0.2, 0.25) is 0 Å². The molecule has 0 aliphatic carbocycles. The summed E-state index contributed by atoms with van der Waals surface area (Å²) in [6.45, 7) is 16.7. The van der Waals surface area contributed by atoms with Crippen molar-refractivity contribution in [1.82, 2.24) is 19.8 Å². The normalized spacial score (nSPS) is 39.9. The number of oxime groups is 1. The molecule has 5 aliphatic rings. The summed E-state index contributed by atoms with van der Waals surface area (Å²) in [6.07, 6.45) is -0.170. The molecule has 16 heteroatoms. The van der Waals surface area contributed by atoms with Crippen LogP contribution in [0.4, 0.5) is 4.79 Å². The van der Waals surface area contributed by atoms with Gasteiger partial charge in [-0.1, -0.05) is 38.9 Å². The summed E-state index contributed by atoms with van der Waals surface area (Å²) in [5.41, 5.74) is 1.54. The van der Waals surface area contributed by atoms with E-state index >= 15 is 0 Å². The second-order valence-electron chi connectivity index (χ2n) is 18.2. The molecule has 1 aromatic heterocycles. The molecule has 1 aromatic carbocycles. The average Bonchev–Trinajstić information content (AvgIpc) is 3.36. The highest BCUT2D eigenvalue weighted by Gasteiger charge is 2.60. The molecule has 6 heterocycles. The number of carbonyl (C=O) groups is 2. The van der Waals surface area contributed by atoms with E-state index in [1.165, 1.54) is 0 Å². The summed E-state index contributed by atoms with van der Waals surface area (Å²) >= 11 is 0. The van der Waals surface area contributed by atoms with Gasteiger partial charge in [-0.25, -0.2) is 4.79 Å². The smallest absolute Gasteiger partial charge is 0.410 e. The maximum absolute atomic E-state index is 14.5. The zero-order chi connectivity index (χ0) is 43.1. The van der Waals surface area contributed by atoms with E-state index in [-0.39, 0.29) is 43.8 Å². The van der Waals surface area contributed by atoms with Gasteiger partial charge >= 0.3 is 12.1 Å². The standard InChI is InChI=1S/C44H64N6O10/c1-11-34-44(8)38-26(4)35(47-16-17-50(38)42(53)60-44)24(2)20-43(7)39(59-41-36(51)33(49(9)10)18-25(3)57-41)27(5)37(28(6)40(52)58-34)54-22-30(23-55-43)48-56-21-29-12-13-31-32(19-29)46-15-14-45-31/h12-15,19,24-28,33-34,36-39,41,51H,11,16-18,20-23H2,1-10H3/b48-30+/t24-,25+,26+,27+,28-,33-,34-,36+,37+,38-,39-,41-,43-,44-/m1/s1. The van der Waals surface area contributed by atoms with Crippen LogP contribution in [-0.4, -0.2) is 149 Å². The van der Waals surface area contributed by atoms with Crippen molar-refractivity contribution < 1.29 is 48.0 Å². The van der Waals surface area contributed by atoms with Crippen LogP contribution < -0.4 is 0 Å². The van der Waals surface area contributed by atoms with Gasteiger partial charge in [0, 0.05) is 42.5 Å². The van der Waals surface area contributed by atoms with Crippen LogP contribution in [0.5, 0.6) is 0 Å². The molecule has 0 spiro atoms. The van der Waals surface area contributed by atoms with E-state index in [1.807, 2.05) is 71.8 Å². The number of aliphatic hydroxyl groups is 1. The Labute approximate surface area is 353 Å². The maximum Gasteiger partial charge on any atom is 0.410 e. The number of amides is 1. The van der Waals surface area contributed by atoms with Crippen molar-refractivity contribution in [3.05, 3.63) is 36.2 Å². The first-order chi connectivity index (χ1) is 28.5. The second kappa shape index (κ2) is 17.9. The fourth-order valence-electron chi connectivity index (χ4n) is 10.5. The number of aliphatic hydroxyl groups excluding tert-OH is 1. The molecule has 1 amide bonds. The molecule has 60 heavy (non-hydrogen) atoms. The summed E-state index contributed by atoms with van der Waals surface area (Å²) in [6, 6.07) is 5.07. The van der Waals surface area contributed by atoms with Gasteiger partial charge in [-0.2, -0.15) is 0 Å². The average molecular weight is 837 g/mol. The summed E-state index contributed by atoms with van der Waals surface area (Å²) < 4.78 is 39.9. The maximum atomic E-state index is 14.5. The number of fused-ring (bicyclic) bond motifs is 5. The Balaban J connectivity index is 1.30. The van der Waals surface area contributed by atoms with E-state index in [0.717, 1.165) is 22.3 Å². The van der Waals surface area contributed by atoms with E-state index in [2.05, 4.69) is 29.0 Å². The Kier molecular flexibility index (Phi) is 13.2. The third kappa shape index (κ3) is 8.65. The molecule has 2 aromatic rings. The van der Waals surface area contributed by atoms with Gasteiger partial charge < -0.3 is 43.3 Å². The monoisotopic (exact) mass is 836 g/mol. The number of ether oxygens (including phenoxy) is 6. The van der Waals surface area contributed by atoms with Crippen LogP contribution in [0.25, 0.3) is 11.0 Å².